The van der Waals surface area contributed by atoms with Gasteiger partial charge in [0.05, 0.1) is 6.20 Å². The number of nitrogens with zero attached hydrogens (tertiary/aromatic N) is 1. The molecular weight excluding hydrogens is 223 g/mol. The first kappa shape index (κ1) is 9.35. The van der Waals surface area contributed by atoms with Crippen molar-refractivity contribution in [2.75, 3.05) is 6.54 Å². The Kier molecular flexibility index (Phi) is 3.37. The number of rotatable bonds is 2. The Bertz CT molecular complexity index is 299. The normalized spacial score (nSPS) is 10.9. The van der Waals surface area contributed by atoms with Crippen LogP contribution in [0, 0.1) is 5.82 Å². The Morgan fingerprint density at radius 1 is 1.67 bits per heavy atom. The van der Waals surface area contributed by atoms with E-state index in [4.69, 9.17) is 5.73 Å². The largest absolute Gasteiger partial charge is 0.327 e. The predicted octanol–water partition coefficient (Wildman–Crippen LogP) is 1.96. The SMILES string of the molecule is NCC=Cc1cc(Br)ncc1F. The van der Waals surface area contributed by atoms with Gasteiger partial charge in [-0.3, -0.25) is 0 Å². The number of aromatic nitrogens is 1. The van der Waals surface area contributed by atoms with Gasteiger partial charge in [-0.2, -0.15) is 0 Å². The molecule has 2 N–H and O–H groups in total. The molecule has 1 aromatic heterocycles. The molecule has 0 aliphatic rings. The fourth-order valence-corrected chi connectivity index (χ4v) is 1.10. The third-order valence-corrected chi connectivity index (χ3v) is 1.72. The lowest BCUT2D eigenvalue weighted by molar-refractivity contribution is 0.617. The highest BCUT2D eigenvalue weighted by atomic mass is 79.9. The molecule has 0 bridgehead atoms. The highest BCUT2D eigenvalue weighted by molar-refractivity contribution is 9.10. The van der Waals surface area contributed by atoms with Crippen molar-refractivity contribution in [1.29, 1.82) is 0 Å². The zero-order valence-corrected chi connectivity index (χ0v) is 7.88. The molecule has 0 radical (unpaired) electrons. The average Bonchev–Trinajstić information content (AvgIpc) is 2.07. The maximum absolute atomic E-state index is 12.9. The number of halogens is 2. The lowest BCUT2D eigenvalue weighted by Crippen LogP contribution is -1.93. The second-order valence-electron chi connectivity index (χ2n) is 2.17. The van der Waals surface area contributed by atoms with E-state index in [1.807, 2.05) is 0 Å². The van der Waals surface area contributed by atoms with E-state index in [1.54, 1.807) is 18.2 Å². The minimum atomic E-state index is -0.345. The summed E-state index contributed by atoms with van der Waals surface area (Å²) in [5, 5.41) is 0. The standard InChI is InChI=1S/C8H8BrFN2/c9-8-4-6(2-1-3-11)7(10)5-12-8/h1-2,4-5H,3,11H2. The van der Waals surface area contributed by atoms with Crippen molar-refractivity contribution in [2.45, 2.75) is 0 Å². The first-order chi connectivity index (χ1) is 5.74. The highest BCUT2D eigenvalue weighted by Gasteiger charge is 1.98. The Labute approximate surface area is 78.4 Å². The fourth-order valence-electron chi connectivity index (χ4n) is 0.750. The van der Waals surface area contributed by atoms with E-state index in [9.17, 15) is 4.39 Å². The molecule has 0 aromatic carbocycles. The molecule has 1 aromatic rings. The topological polar surface area (TPSA) is 38.9 Å². The maximum atomic E-state index is 12.9. The summed E-state index contributed by atoms with van der Waals surface area (Å²) in [5.74, 6) is -0.345. The van der Waals surface area contributed by atoms with Gasteiger partial charge in [-0.25, -0.2) is 9.37 Å². The van der Waals surface area contributed by atoms with Crippen LogP contribution in [-0.4, -0.2) is 11.5 Å². The van der Waals surface area contributed by atoms with E-state index in [0.29, 0.717) is 16.7 Å². The lowest BCUT2D eigenvalue weighted by atomic mass is 10.2. The summed E-state index contributed by atoms with van der Waals surface area (Å²) < 4.78 is 13.5. The van der Waals surface area contributed by atoms with Crippen molar-refractivity contribution >= 4 is 22.0 Å². The summed E-state index contributed by atoms with van der Waals surface area (Å²) in [4.78, 5) is 3.72. The van der Waals surface area contributed by atoms with Crippen molar-refractivity contribution in [3.05, 3.63) is 34.3 Å². The van der Waals surface area contributed by atoms with Crippen molar-refractivity contribution in [3.8, 4) is 0 Å². The second-order valence-corrected chi connectivity index (χ2v) is 2.98. The van der Waals surface area contributed by atoms with Gasteiger partial charge in [0, 0.05) is 12.1 Å². The van der Waals surface area contributed by atoms with Gasteiger partial charge in [-0.05, 0) is 22.0 Å². The van der Waals surface area contributed by atoms with Gasteiger partial charge < -0.3 is 5.73 Å². The highest BCUT2D eigenvalue weighted by Crippen LogP contribution is 2.13. The van der Waals surface area contributed by atoms with Crippen LogP contribution in [0.25, 0.3) is 6.08 Å². The monoisotopic (exact) mass is 230 g/mol. The van der Waals surface area contributed by atoms with E-state index >= 15 is 0 Å². The van der Waals surface area contributed by atoms with Crippen LogP contribution in [0.15, 0.2) is 22.9 Å². The first-order valence-corrected chi connectivity index (χ1v) is 4.21. The minimum absolute atomic E-state index is 0.345. The molecule has 1 heterocycles. The smallest absolute Gasteiger partial charge is 0.148 e. The van der Waals surface area contributed by atoms with E-state index in [0.717, 1.165) is 0 Å². The van der Waals surface area contributed by atoms with Gasteiger partial charge in [0.2, 0.25) is 0 Å². The summed E-state index contributed by atoms with van der Waals surface area (Å²) in [6, 6.07) is 1.60. The van der Waals surface area contributed by atoms with E-state index in [2.05, 4.69) is 20.9 Å². The number of nitrogens with two attached hydrogens (primary N) is 1. The van der Waals surface area contributed by atoms with E-state index in [-0.39, 0.29) is 5.82 Å². The van der Waals surface area contributed by atoms with Crippen LogP contribution >= 0.6 is 15.9 Å². The molecule has 0 unspecified atom stereocenters. The zero-order valence-electron chi connectivity index (χ0n) is 6.30. The first-order valence-electron chi connectivity index (χ1n) is 3.41. The average molecular weight is 231 g/mol. The van der Waals surface area contributed by atoms with Crippen LogP contribution in [0.3, 0.4) is 0 Å². The van der Waals surface area contributed by atoms with Crippen LogP contribution in [0.2, 0.25) is 0 Å². The molecule has 0 saturated heterocycles. The molecule has 4 heteroatoms. The van der Waals surface area contributed by atoms with Crippen molar-refractivity contribution in [1.82, 2.24) is 4.98 Å². The van der Waals surface area contributed by atoms with Crippen LogP contribution < -0.4 is 5.73 Å². The van der Waals surface area contributed by atoms with Crippen molar-refractivity contribution < 1.29 is 4.39 Å². The number of pyridine rings is 1. The molecule has 0 atom stereocenters. The molecule has 0 fully saturated rings. The van der Waals surface area contributed by atoms with Gasteiger partial charge in [-0.1, -0.05) is 12.2 Å². The van der Waals surface area contributed by atoms with E-state index < -0.39 is 0 Å². The molecule has 0 aliphatic carbocycles. The van der Waals surface area contributed by atoms with E-state index in [1.165, 1.54) is 6.20 Å². The quantitative estimate of drug-likeness (QED) is 0.790. The summed E-state index contributed by atoms with van der Waals surface area (Å²) in [6.45, 7) is 0.402. The zero-order chi connectivity index (χ0) is 8.97. The van der Waals surface area contributed by atoms with Crippen LogP contribution in [-0.2, 0) is 0 Å². The fraction of sp³-hybridized carbons (Fsp3) is 0.125. The van der Waals surface area contributed by atoms with Gasteiger partial charge in [0.25, 0.3) is 0 Å². The van der Waals surface area contributed by atoms with Gasteiger partial charge in [0.15, 0.2) is 0 Å². The lowest BCUT2D eigenvalue weighted by Gasteiger charge is -1.95. The Morgan fingerprint density at radius 3 is 3.08 bits per heavy atom. The van der Waals surface area contributed by atoms with Crippen LogP contribution in [0.1, 0.15) is 5.56 Å². The summed E-state index contributed by atoms with van der Waals surface area (Å²) in [7, 11) is 0. The molecular formula is C8H8BrFN2. The minimum Gasteiger partial charge on any atom is -0.327 e. The summed E-state index contributed by atoms with van der Waals surface area (Å²) in [6.07, 6.45) is 4.48. The molecule has 0 aliphatic heterocycles. The summed E-state index contributed by atoms with van der Waals surface area (Å²) >= 11 is 3.15. The molecule has 0 amide bonds. The van der Waals surface area contributed by atoms with Crippen molar-refractivity contribution in [2.24, 2.45) is 5.73 Å². The second kappa shape index (κ2) is 4.33. The van der Waals surface area contributed by atoms with Crippen LogP contribution in [0.4, 0.5) is 4.39 Å². The third-order valence-electron chi connectivity index (χ3n) is 1.29. The van der Waals surface area contributed by atoms with Crippen LogP contribution in [0.5, 0.6) is 0 Å². The predicted molar refractivity (Wildman–Crippen MR) is 50.0 cm³/mol. The number of hydrogen-bond donors (Lipinski definition) is 1. The third kappa shape index (κ3) is 2.39. The van der Waals surface area contributed by atoms with Crippen molar-refractivity contribution in [3.63, 3.8) is 0 Å². The Hall–Kier alpha value is -0.740. The molecule has 2 nitrogen and oxygen atoms in total. The Morgan fingerprint density at radius 2 is 2.42 bits per heavy atom. The number of hydrogen-bond acceptors (Lipinski definition) is 2. The molecule has 64 valence electrons. The van der Waals surface area contributed by atoms with Gasteiger partial charge in [-0.15, -0.1) is 0 Å². The molecule has 12 heavy (non-hydrogen) atoms. The molecule has 1 rings (SSSR count). The van der Waals surface area contributed by atoms with Gasteiger partial charge >= 0.3 is 0 Å². The molecule has 0 spiro atoms. The van der Waals surface area contributed by atoms with Gasteiger partial charge in [0.1, 0.15) is 10.4 Å². The summed E-state index contributed by atoms with van der Waals surface area (Å²) in [5.41, 5.74) is 5.72. The Balaban J connectivity index is 2.97. The maximum Gasteiger partial charge on any atom is 0.148 e. The molecule has 0 saturated carbocycles.